The van der Waals surface area contributed by atoms with E-state index >= 15 is 0 Å². The summed E-state index contributed by atoms with van der Waals surface area (Å²) >= 11 is 6.36. The van der Waals surface area contributed by atoms with Crippen LogP contribution in [0, 0.1) is 0 Å². The number of aryl methyl sites for hydroxylation is 1. The fourth-order valence-corrected chi connectivity index (χ4v) is 4.81. The second-order valence-electron chi connectivity index (χ2n) is 6.69. The standard InChI is InChI=1S/C19H22ClN5O4S/c1-5-25(6-2)30(28,29)13-7-8-15-16(10-13)22-17(21-15)14(20)9-12-11-23(3)19(27)24(4)18(12)26/h7-11H,5-6H2,1-4H3,(H,21,22)/b14-9-. The van der Waals surface area contributed by atoms with E-state index in [2.05, 4.69) is 9.97 Å². The number of rotatable bonds is 6. The summed E-state index contributed by atoms with van der Waals surface area (Å²) in [6.45, 7) is 4.30. The van der Waals surface area contributed by atoms with Crippen molar-refractivity contribution in [1.82, 2.24) is 23.4 Å². The zero-order chi connectivity index (χ0) is 22.2. The van der Waals surface area contributed by atoms with Crippen LogP contribution in [0.4, 0.5) is 0 Å². The average Bonchev–Trinajstić information content (AvgIpc) is 3.14. The minimum absolute atomic E-state index is 0.148. The molecule has 3 aromatic rings. The summed E-state index contributed by atoms with van der Waals surface area (Å²) < 4.78 is 29.1. The number of hydrogen-bond donors (Lipinski definition) is 1. The van der Waals surface area contributed by atoms with Gasteiger partial charge >= 0.3 is 5.69 Å². The molecule has 1 aromatic carbocycles. The molecule has 160 valence electrons. The molecule has 0 bridgehead atoms. The van der Waals surface area contributed by atoms with Crippen LogP contribution in [0.1, 0.15) is 25.2 Å². The van der Waals surface area contributed by atoms with Gasteiger partial charge in [0, 0.05) is 33.4 Å². The molecule has 0 atom stereocenters. The van der Waals surface area contributed by atoms with Gasteiger partial charge in [-0.2, -0.15) is 4.31 Å². The van der Waals surface area contributed by atoms with Gasteiger partial charge in [0.05, 0.1) is 26.5 Å². The molecule has 0 saturated carbocycles. The Morgan fingerprint density at radius 2 is 1.90 bits per heavy atom. The Morgan fingerprint density at radius 3 is 2.53 bits per heavy atom. The first kappa shape index (κ1) is 22.0. The second-order valence-corrected chi connectivity index (χ2v) is 9.03. The third-order valence-electron chi connectivity index (χ3n) is 4.78. The van der Waals surface area contributed by atoms with Crippen LogP contribution in [-0.4, -0.2) is 44.9 Å². The summed E-state index contributed by atoms with van der Waals surface area (Å²) in [5.74, 6) is 0.278. The van der Waals surface area contributed by atoms with Crippen molar-refractivity contribution in [2.75, 3.05) is 13.1 Å². The molecule has 2 aromatic heterocycles. The summed E-state index contributed by atoms with van der Waals surface area (Å²) in [7, 11) is -0.692. The molecule has 1 N–H and O–H groups in total. The molecule has 0 spiro atoms. The third-order valence-corrected chi connectivity index (χ3v) is 7.11. The zero-order valence-electron chi connectivity index (χ0n) is 17.0. The smallest absolute Gasteiger partial charge is 0.330 e. The number of hydrogen-bond acceptors (Lipinski definition) is 5. The number of nitrogens with one attached hydrogen (secondary N) is 1. The minimum atomic E-state index is -3.61. The molecule has 3 rings (SSSR count). The van der Waals surface area contributed by atoms with E-state index in [1.165, 1.54) is 47.4 Å². The first-order chi connectivity index (χ1) is 14.1. The van der Waals surface area contributed by atoms with Crippen molar-refractivity contribution in [3.63, 3.8) is 0 Å². The Hall–Kier alpha value is -2.69. The number of imidazole rings is 1. The number of aromatic amines is 1. The summed E-state index contributed by atoms with van der Waals surface area (Å²) in [5.41, 5.74) is 0.315. The molecule has 0 amide bonds. The summed E-state index contributed by atoms with van der Waals surface area (Å²) in [5, 5.41) is 0.148. The lowest BCUT2D eigenvalue weighted by atomic mass is 10.3. The highest BCUT2D eigenvalue weighted by Gasteiger charge is 2.22. The molecule has 0 saturated heterocycles. The zero-order valence-corrected chi connectivity index (χ0v) is 18.6. The molecule has 30 heavy (non-hydrogen) atoms. The molecule has 0 fully saturated rings. The Labute approximate surface area is 178 Å². The van der Waals surface area contributed by atoms with Gasteiger partial charge in [-0.15, -0.1) is 0 Å². The van der Waals surface area contributed by atoms with Gasteiger partial charge in [-0.1, -0.05) is 25.4 Å². The molecule has 0 aliphatic heterocycles. The predicted octanol–water partition coefficient (Wildman–Crippen LogP) is 1.73. The largest absolute Gasteiger partial charge is 0.337 e. The molecule has 2 heterocycles. The van der Waals surface area contributed by atoms with E-state index < -0.39 is 21.3 Å². The highest BCUT2D eigenvalue weighted by molar-refractivity contribution is 7.89. The van der Waals surface area contributed by atoms with Crippen molar-refractivity contribution in [2.45, 2.75) is 18.7 Å². The lowest BCUT2D eigenvalue weighted by Gasteiger charge is -2.18. The van der Waals surface area contributed by atoms with Crippen molar-refractivity contribution in [3.05, 3.63) is 56.6 Å². The van der Waals surface area contributed by atoms with Crippen molar-refractivity contribution in [1.29, 1.82) is 0 Å². The van der Waals surface area contributed by atoms with E-state index in [9.17, 15) is 18.0 Å². The number of fused-ring (bicyclic) bond motifs is 1. The van der Waals surface area contributed by atoms with Crippen LogP contribution >= 0.6 is 11.6 Å². The molecule has 0 radical (unpaired) electrons. The molecular weight excluding hydrogens is 430 g/mol. The van der Waals surface area contributed by atoms with E-state index in [1.807, 2.05) is 0 Å². The van der Waals surface area contributed by atoms with Gasteiger partial charge in [-0.05, 0) is 24.3 Å². The van der Waals surface area contributed by atoms with Crippen LogP contribution in [-0.2, 0) is 24.1 Å². The quantitative estimate of drug-likeness (QED) is 0.613. The van der Waals surface area contributed by atoms with Gasteiger partial charge in [-0.3, -0.25) is 9.36 Å². The average molecular weight is 452 g/mol. The predicted molar refractivity (Wildman–Crippen MR) is 117 cm³/mol. The van der Waals surface area contributed by atoms with Crippen LogP contribution in [0.3, 0.4) is 0 Å². The van der Waals surface area contributed by atoms with Crippen LogP contribution in [0.2, 0.25) is 0 Å². The van der Waals surface area contributed by atoms with Gasteiger partial charge in [-0.25, -0.2) is 18.2 Å². The monoisotopic (exact) mass is 451 g/mol. The van der Waals surface area contributed by atoms with Crippen LogP contribution in [0.5, 0.6) is 0 Å². The summed E-state index contributed by atoms with van der Waals surface area (Å²) in [6.07, 6.45) is 2.80. The molecule has 11 heteroatoms. The number of sulfonamides is 1. The number of benzene rings is 1. The molecule has 0 unspecified atom stereocenters. The second kappa shape index (κ2) is 8.21. The molecule has 9 nitrogen and oxygen atoms in total. The van der Waals surface area contributed by atoms with Gasteiger partial charge in [0.1, 0.15) is 5.82 Å². The fourth-order valence-electron chi connectivity index (χ4n) is 3.11. The van der Waals surface area contributed by atoms with E-state index in [-0.39, 0.29) is 21.3 Å². The fraction of sp³-hybridized carbons (Fsp3) is 0.316. The Kier molecular flexibility index (Phi) is 6.02. The highest BCUT2D eigenvalue weighted by Crippen LogP contribution is 2.25. The molecule has 0 aliphatic rings. The lowest BCUT2D eigenvalue weighted by molar-refractivity contribution is 0.445. The van der Waals surface area contributed by atoms with Gasteiger partial charge in [0.15, 0.2) is 0 Å². The number of nitrogens with zero attached hydrogens (tertiary/aromatic N) is 4. The Bertz CT molecular complexity index is 1360. The first-order valence-corrected chi connectivity index (χ1v) is 11.1. The van der Waals surface area contributed by atoms with E-state index in [0.717, 1.165) is 4.57 Å². The van der Waals surface area contributed by atoms with Crippen LogP contribution in [0.25, 0.3) is 22.1 Å². The number of halogens is 1. The SMILES string of the molecule is CCN(CC)S(=O)(=O)c1ccc2nc(/C(Cl)=C/c3cn(C)c(=O)n(C)c3=O)[nH]c2c1. The maximum atomic E-state index is 12.7. The summed E-state index contributed by atoms with van der Waals surface area (Å²) in [6, 6.07) is 4.61. The normalized spacial score (nSPS) is 12.8. The highest BCUT2D eigenvalue weighted by atomic mass is 35.5. The van der Waals surface area contributed by atoms with Crippen LogP contribution in [0.15, 0.2) is 38.9 Å². The summed E-state index contributed by atoms with van der Waals surface area (Å²) in [4.78, 5) is 31.6. The van der Waals surface area contributed by atoms with E-state index in [1.54, 1.807) is 19.9 Å². The van der Waals surface area contributed by atoms with Crippen LogP contribution < -0.4 is 11.2 Å². The maximum Gasteiger partial charge on any atom is 0.330 e. The van der Waals surface area contributed by atoms with Gasteiger partial charge in [0.25, 0.3) is 5.56 Å². The first-order valence-electron chi connectivity index (χ1n) is 9.24. The van der Waals surface area contributed by atoms with Crippen molar-refractivity contribution in [3.8, 4) is 0 Å². The molecule has 0 aliphatic carbocycles. The van der Waals surface area contributed by atoms with E-state index in [0.29, 0.717) is 24.1 Å². The topological polar surface area (TPSA) is 110 Å². The van der Waals surface area contributed by atoms with Crippen molar-refractivity contribution < 1.29 is 8.42 Å². The maximum absolute atomic E-state index is 12.7. The van der Waals surface area contributed by atoms with E-state index in [4.69, 9.17) is 11.6 Å². The van der Waals surface area contributed by atoms with Gasteiger partial charge in [0.2, 0.25) is 10.0 Å². The minimum Gasteiger partial charge on any atom is -0.337 e. The van der Waals surface area contributed by atoms with Gasteiger partial charge < -0.3 is 9.55 Å². The van der Waals surface area contributed by atoms with Crippen molar-refractivity contribution >= 4 is 43.8 Å². The lowest BCUT2D eigenvalue weighted by Crippen LogP contribution is -2.37. The number of H-pyrrole nitrogens is 1. The third kappa shape index (κ3) is 3.85. The molecular formula is C19H22ClN5O4S. The Balaban J connectivity index is 2.06. The van der Waals surface area contributed by atoms with Crippen molar-refractivity contribution in [2.24, 2.45) is 14.1 Å². The number of aromatic nitrogens is 4. The Morgan fingerprint density at radius 1 is 1.23 bits per heavy atom.